The molecule has 102 valence electrons. The fraction of sp³-hybridized carbons (Fsp3) is 0.667. The van der Waals surface area contributed by atoms with E-state index < -0.39 is 18.0 Å². The highest BCUT2D eigenvalue weighted by molar-refractivity contribution is 7.99. The molecule has 0 heterocycles. The van der Waals surface area contributed by atoms with Gasteiger partial charge < -0.3 is 15.7 Å². The molecule has 1 unspecified atom stereocenters. The summed E-state index contributed by atoms with van der Waals surface area (Å²) >= 11 is 1.54. The number of hydrogen-bond donors (Lipinski definition) is 3. The smallest absolute Gasteiger partial charge is 0.326 e. The van der Waals surface area contributed by atoms with Gasteiger partial charge in [-0.2, -0.15) is 0 Å². The number of carboxylic acid groups (broad SMARTS) is 1. The first-order chi connectivity index (χ1) is 8.47. The number of carboxylic acids is 1. The lowest BCUT2D eigenvalue weighted by Gasteiger charge is -2.16. The molecule has 0 aliphatic heterocycles. The highest BCUT2D eigenvalue weighted by Gasteiger charge is 2.20. The molecule has 0 aromatic heterocycles. The topological polar surface area (TPSA) is 78.4 Å². The summed E-state index contributed by atoms with van der Waals surface area (Å²) < 4.78 is 0. The second kappa shape index (κ2) is 9.66. The second-order valence-electron chi connectivity index (χ2n) is 4.18. The van der Waals surface area contributed by atoms with Crippen LogP contribution in [0.4, 0.5) is 4.79 Å². The summed E-state index contributed by atoms with van der Waals surface area (Å²) in [5.74, 6) is 2.99. The van der Waals surface area contributed by atoms with E-state index in [-0.39, 0.29) is 5.92 Å². The largest absolute Gasteiger partial charge is 0.480 e. The number of carbonyl (C=O) groups is 2. The third-order valence-corrected chi connectivity index (χ3v) is 2.89. The van der Waals surface area contributed by atoms with E-state index in [1.54, 1.807) is 0 Å². The number of nitrogens with one attached hydrogen (secondary N) is 2. The molecule has 0 fully saturated rings. The van der Waals surface area contributed by atoms with E-state index >= 15 is 0 Å². The molecule has 1 atom stereocenters. The molecule has 0 aliphatic rings. The molecule has 6 heteroatoms. The molecule has 0 radical (unpaired) electrons. The van der Waals surface area contributed by atoms with Crippen molar-refractivity contribution in [1.29, 1.82) is 0 Å². The monoisotopic (exact) mass is 272 g/mol. The van der Waals surface area contributed by atoms with Crippen LogP contribution in [0.1, 0.15) is 20.3 Å². The van der Waals surface area contributed by atoms with E-state index in [1.165, 1.54) is 11.8 Å². The van der Waals surface area contributed by atoms with Crippen molar-refractivity contribution < 1.29 is 14.7 Å². The number of hydrogen-bond acceptors (Lipinski definition) is 3. The van der Waals surface area contributed by atoms with E-state index in [9.17, 15) is 9.59 Å². The van der Waals surface area contributed by atoms with Crippen molar-refractivity contribution in [3.05, 3.63) is 0 Å². The molecule has 0 spiro atoms. The van der Waals surface area contributed by atoms with Crippen molar-refractivity contribution in [2.24, 2.45) is 5.92 Å². The summed E-state index contributed by atoms with van der Waals surface area (Å²) in [4.78, 5) is 22.4. The predicted octanol–water partition coefficient (Wildman–Crippen LogP) is 1.15. The molecule has 0 saturated heterocycles. The van der Waals surface area contributed by atoms with Gasteiger partial charge in [-0.3, -0.25) is 0 Å². The van der Waals surface area contributed by atoms with Crippen LogP contribution in [0.3, 0.4) is 0 Å². The summed E-state index contributed by atoms with van der Waals surface area (Å²) in [5, 5.41) is 14.0. The first-order valence-corrected chi connectivity index (χ1v) is 6.91. The molecular formula is C12H20N2O3S. The Balaban J connectivity index is 3.89. The summed E-state index contributed by atoms with van der Waals surface area (Å²) in [6.07, 6.45) is 5.49. The summed E-state index contributed by atoms with van der Waals surface area (Å²) in [6, 6.07) is -1.30. The first-order valence-electron chi connectivity index (χ1n) is 5.75. The number of urea groups is 1. The Hall–Kier alpha value is -1.35. The van der Waals surface area contributed by atoms with Gasteiger partial charge in [0.2, 0.25) is 0 Å². The van der Waals surface area contributed by atoms with Crippen molar-refractivity contribution in [3.63, 3.8) is 0 Å². The highest BCUT2D eigenvalue weighted by atomic mass is 32.2. The molecule has 0 bridgehead atoms. The van der Waals surface area contributed by atoms with E-state index in [0.717, 1.165) is 0 Å². The molecule has 0 rings (SSSR count). The lowest BCUT2D eigenvalue weighted by atomic mass is 10.0. The van der Waals surface area contributed by atoms with Gasteiger partial charge in [0.05, 0.1) is 5.75 Å². The van der Waals surface area contributed by atoms with Gasteiger partial charge in [0.15, 0.2) is 0 Å². The summed E-state index contributed by atoms with van der Waals surface area (Å²) in [7, 11) is 0. The van der Waals surface area contributed by atoms with Crippen molar-refractivity contribution >= 4 is 23.8 Å². The normalized spacial score (nSPS) is 11.7. The number of amides is 2. The Bertz CT molecular complexity index is 313. The Labute approximate surface area is 112 Å². The van der Waals surface area contributed by atoms with Crippen LogP contribution >= 0.6 is 11.8 Å². The average Bonchev–Trinajstić information content (AvgIpc) is 2.27. The molecule has 0 aromatic carbocycles. The number of rotatable bonds is 8. The highest BCUT2D eigenvalue weighted by Crippen LogP contribution is 2.04. The Morgan fingerprint density at radius 3 is 2.61 bits per heavy atom. The minimum absolute atomic E-state index is 0.206. The zero-order valence-electron chi connectivity index (χ0n) is 10.7. The van der Waals surface area contributed by atoms with Crippen LogP contribution in [-0.2, 0) is 4.79 Å². The van der Waals surface area contributed by atoms with Gasteiger partial charge in [0.1, 0.15) is 6.04 Å². The third kappa shape index (κ3) is 8.76. The molecule has 18 heavy (non-hydrogen) atoms. The maximum absolute atomic E-state index is 11.4. The van der Waals surface area contributed by atoms with E-state index in [2.05, 4.69) is 16.6 Å². The van der Waals surface area contributed by atoms with Gasteiger partial charge in [-0.1, -0.05) is 19.8 Å². The van der Waals surface area contributed by atoms with Gasteiger partial charge in [-0.25, -0.2) is 9.59 Å². The lowest BCUT2D eigenvalue weighted by Crippen LogP contribution is -2.47. The summed E-state index contributed by atoms with van der Waals surface area (Å²) in [6.45, 7) is 4.28. The van der Waals surface area contributed by atoms with Gasteiger partial charge in [0.25, 0.3) is 0 Å². The van der Waals surface area contributed by atoms with Crippen LogP contribution < -0.4 is 10.6 Å². The van der Waals surface area contributed by atoms with Crippen LogP contribution in [0.5, 0.6) is 0 Å². The molecule has 2 amide bonds. The van der Waals surface area contributed by atoms with Crippen molar-refractivity contribution in [2.45, 2.75) is 26.3 Å². The van der Waals surface area contributed by atoms with E-state index in [4.69, 9.17) is 11.5 Å². The second-order valence-corrected chi connectivity index (χ2v) is 5.28. The van der Waals surface area contributed by atoms with Crippen LogP contribution in [0, 0.1) is 18.3 Å². The quantitative estimate of drug-likeness (QED) is 0.457. The maximum Gasteiger partial charge on any atom is 0.326 e. The van der Waals surface area contributed by atoms with Gasteiger partial charge in [0, 0.05) is 12.3 Å². The van der Waals surface area contributed by atoms with Crippen molar-refractivity contribution in [2.75, 3.05) is 18.1 Å². The number of terminal acetylenes is 1. The lowest BCUT2D eigenvalue weighted by molar-refractivity contribution is -0.139. The Morgan fingerprint density at radius 2 is 2.11 bits per heavy atom. The molecule has 0 aromatic rings. The van der Waals surface area contributed by atoms with Crippen LogP contribution in [0.25, 0.3) is 0 Å². The Morgan fingerprint density at radius 1 is 1.44 bits per heavy atom. The number of thioether (sulfide) groups is 1. The van der Waals surface area contributed by atoms with E-state index in [0.29, 0.717) is 24.5 Å². The zero-order valence-corrected chi connectivity index (χ0v) is 11.5. The standard InChI is InChI=1S/C12H20N2O3S/c1-4-6-18-7-5-13-12(17)14-10(11(15)16)8-9(2)3/h1,9-10H,5-8H2,2-3H3,(H,15,16)(H2,13,14,17). The zero-order chi connectivity index (χ0) is 14.0. The van der Waals surface area contributed by atoms with Gasteiger partial charge in [-0.15, -0.1) is 18.2 Å². The summed E-state index contributed by atoms with van der Waals surface area (Å²) in [5.41, 5.74) is 0. The SMILES string of the molecule is C#CCSCCNC(=O)NC(CC(C)C)C(=O)O. The Kier molecular flexibility index (Phi) is 8.93. The minimum Gasteiger partial charge on any atom is -0.480 e. The third-order valence-electron chi connectivity index (χ3n) is 2.03. The first kappa shape index (κ1) is 16.6. The minimum atomic E-state index is -1.01. The maximum atomic E-state index is 11.4. The number of aliphatic carboxylic acids is 1. The molecule has 0 saturated carbocycles. The molecular weight excluding hydrogens is 252 g/mol. The fourth-order valence-corrected chi connectivity index (χ4v) is 1.78. The van der Waals surface area contributed by atoms with Crippen molar-refractivity contribution in [1.82, 2.24) is 10.6 Å². The number of carbonyl (C=O) groups excluding carboxylic acids is 1. The molecule has 3 N–H and O–H groups in total. The van der Waals surface area contributed by atoms with Crippen LogP contribution in [0.15, 0.2) is 0 Å². The van der Waals surface area contributed by atoms with Crippen molar-refractivity contribution in [3.8, 4) is 12.3 Å². The molecule has 5 nitrogen and oxygen atoms in total. The van der Waals surface area contributed by atoms with Gasteiger partial charge >= 0.3 is 12.0 Å². The fourth-order valence-electron chi connectivity index (χ4n) is 1.27. The average molecular weight is 272 g/mol. The molecule has 0 aliphatic carbocycles. The van der Waals surface area contributed by atoms with Gasteiger partial charge in [-0.05, 0) is 12.3 Å². The predicted molar refractivity (Wildman–Crippen MR) is 73.6 cm³/mol. The van der Waals surface area contributed by atoms with Crippen LogP contribution in [-0.4, -0.2) is 41.2 Å². The van der Waals surface area contributed by atoms with Crippen LogP contribution in [0.2, 0.25) is 0 Å². The van der Waals surface area contributed by atoms with E-state index in [1.807, 2.05) is 13.8 Å².